The first-order valence-electron chi connectivity index (χ1n) is 3.09. The summed E-state index contributed by atoms with van der Waals surface area (Å²) < 4.78 is 0. The molecular weight excluding hydrogens is 103 g/mol. The third-order valence-electron chi connectivity index (χ3n) is 2.35. The second kappa shape index (κ2) is 1.11. The first kappa shape index (κ1) is 4.09. The molecule has 0 aromatic heterocycles. The molecule has 0 aromatic rings. The van der Waals surface area contributed by atoms with Crippen molar-refractivity contribution in [1.82, 2.24) is 0 Å². The van der Waals surface area contributed by atoms with Crippen molar-refractivity contribution in [2.24, 2.45) is 0 Å². The van der Waals surface area contributed by atoms with Gasteiger partial charge < -0.3 is 0 Å². The molecule has 2 aliphatic heterocycles. The minimum absolute atomic E-state index is 0.471. The van der Waals surface area contributed by atoms with Gasteiger partial charge in [0.25, 0.3) is 0 Å². The summed E-state index contributed by atoms with van der Waals surface area (Å²) in [5.41, 5.74) is 0. The summed E-state index contributed by atoms with van der Waals surface area (Å²) in [4.78, 5) is 0. The molecule has 0 nitrogen and oxygen atoms in total. The van der Waals surface area contributed by atoms with Crippen LogP contribution in [0.25, 0.3) is 0 Å². The number of allylic oxidation sites excluding steroid dienone is 1. The Bertz CT molecular complexity index is 111. The summed E-state index contributed by atoms with van der Waals surface area (Å²) >= 11 is 0. The third-order valence-corrected chi connectivity index (χ3v) is 7.04. The second-order valence-corrected chi connectivity index (χ2v) is 7.29. The Morgan fingerprint density at radius 3 is 2.00 bits per heavy atom. The van der Waals surface area contributed by atoms with Crippen LogP contribution in [0, 0.1) is 0 Å². The maximum absolute atomic E-state index is 2.52. The summed E-state index contributed by atoms with van der Waals surface area (Å²) in [6.07, 6.45) is 8.64. The van der Waals surface area contributed by atoms with Crippen LogP contribution in [0.4, 0.5) is 0 Å². The van der Waals surface area contributed by atoms with Crippen LogP contribution in [0.15, 0.2) is 11.9 Å². The Morgan fingerprint density at radius 1 is 1.29 bits per heavy atom. The van der Waals surface area contributed by atoms with E-state index in [1.54, 1.807) is 12.3 Å². The van der Waals surface area contributed by atoms with E-state index in [1.165, 1.54) is 12.6 Å². The van der Waals surface area contributed by atoms with E-state index in [0.29, 0.717) is 0 Å². The Morgan fingerprint density at radius 2 is 2.00 bits per heavy atom. The van der Waals surface area contributed by atoms with Gasteiger partial charge in [-0.2, -0.15) is 0 Å². The molecule has 0 aliphatic carbocycles. The molecule has 2 aliphatic rings. The molecule has 0 N–H and O–H groups in total. The van der Waals surface area contributed by atoms with Gasteiger partial charge in [-0.15, -0.1) is 0 Å². The van der Waals surface area contributed by atoms with E-state index in [4.69, 9.17) is 0 Å². The van der Waals surface area contributed by atoms with Gasteiger partial charge in [0.2, 0.25) is 0 Å². The zero-order valence-electron chi connectivity index (χ0n) is 4.48. The van der Waals surface area contributed by atoms with Gasteiger partial charge in [-0.1, -0.05) is 0 Å². The van der Waals surface area contributed by atoms with Crippen LogP contribution >= 0.6 is 7.26 Å². The topological polar surface area (TPSA) is 0 Å². The maximum atomic E-state index is 2.52. The zero-order valence-corrected chi connectivity index (χ0v) is 5.48. The Hall–Kier alpha value is 0.170. The third kappa shape index (κ3) is 0.410. The van der Waals surface area contributed by atoms with E-state index < -0.39 is 7.26 Å². The fourth-order valence-corrected chi connectivity index (χ4v) is 4.36. The molecule has 1 saturated heterocycles. The van der Waals surface area contributed by atoms with Crippen molar-refractivity contribution >= 4 is 7.26 Å². The summed E-state index contributed by atoms with van der Waals surface area (Å²) in [6, 6.07) is 0. The number of hydrogen-bond donors (Lipinski definition) is 0. The first-order valence-corrected chi connectivity index (χ1v) is 5.79. The van der Waals surface area contributed by atoms with Crippen molar-refractivity contribution in [2.75, 3.05) is 18.5 Å². The van der Waals surface area contributed by atoms with Gasteiger partial charge in [0.1, 0.15) is 0 Å². The fraction of sp³-hybridized carbons (Fsp3) is 0.667. The Kier molecular flexibility index (Phi) is 0.650. The molecule has 40 valence electrons. The summed E-state index contributed by atoms with van der Waals surface area (Å²) in [7, 11) is -0.471. The normalized spacial score (nSPS) is 36.6. The molecule has 1 fully saturated rings. The quantitative estimate of drug-likeness (QED) is 0.420. The molecule has 0 unspecified atom stereocenters. The van der Waals surface area contributed by atoms with E-state index >= 15 is 0 Å². The van der Waals surface area contributed by atoms with Gasteiger partial charge >= 0.3 is 44.1 Å². The number of rotatable bonds is 0. The standard InChI is InChI=1S/C6H11P/c1-3-7(4-1)5-2-6-7/h1,3,7H,2,4-6H2. The van der Waals surface area contributed by atoms with E-state index in [-0.39, 0.29) is 0 Å². The summed E-state index contributed by atoms with van der Waals surface area (Å²) in [5.74, 6) is 2.52. The molecule has 2 rings (SSSR count). The van der Waals surface area contributed by atoms with Crippen molar-refractivity contribution < 1.29 is 0 Å². The average molecular weight is 114 g/mol. The van der Waals surface area contributed by atoms with Crippen LogP contribution in [0.3, 0.4) is 0 Å². The van der Waals surface area contributed by atoms with Gasteiger partial charge in [-0.3, -0.25) is 0 Å². The molecule has 7 heavy (non-hydrogen) atoms. The van der Waals surface area contributed by atoms with Crippen molar-refractivity contribution in [1.29, 1.82) is 0 Å². The Labute approximate surface area is 44.9 Å². The molecular formula is C6H11P. The molecule has 1 heteroatoms. The molecule has 0 atom stereocenters. The van der Waals surface area contributed by atoms with Crippen LogP contribution in [0.5, 0.6) is 0 Å². The molecule has 0 bridgehead atoms. The molecule has 0 radical (unpaired) electrons. The second-order valence-electron chi connectivity index (χ2n) is 2.82. The van der Waals surface area contributed by atoms with E-state index in [0.717, 1.165) is 0 Å². The SMILES string of the molecule is C1=C[PH]2(C1)CCC2. The van der Waals surface area contributed by atoms with Crippen LogP contribution in [0.1, 0.15) is 6.42 Å². The average Bonchev–Trinajstić information content (AvgIpc) is 1.20. The van der Waals surface area contributed by atoms with Gasteiger partial charge in [0.15, 0.2) is 0 Å². The van der Waals surface area contributed by atoms with Crippen molar-refractivity contribution in [3.05, 3.63) is 11.9 Å². The van der Waals surface area contributed by atoms with Gasteiger partial charge in [0, 0.05) is 0 Å². The van der Waals surface area contributed by atoms with E-state index in [2.05, 4.69) is 11.9 Å². The molecule has 2 heterocycles. The van der Waals surface area contributed by atoms with E-state index in [1.807, 2.05) is 0 Å². The first-order chi connectivity index (χ1) is 3.41. The molecule has 0 saturated carbocycles. The fourth-order valence-electron chi connectivity index (χ4n) is 1.45. The van der Waals surface area contributed by atoms with Crippen molar-refractivity contribution in [2.45, 2.75) is 6.42 Å². The molecule has 1 spiro atoms. The molecule has 0 amide bonds. The van der Waals surface area contributed by atoms with Crippen LogP contribution in [0.2, 0.25) is 0 Å². The van der Waals surface area contributed by atoms with Crippen molar-refractivity contribution in [3.63, 3.8) is 0 Å². The summed E-state index contributed by atoms with van der Waals surface area (Å²) in [5, 5.41) is 0. The van der Waals surface area contributed by atoms with Gasteiger partial charge in [0.05, 0.1) is 0 Å². The minimum atomic E-state index is -0.471. The predicted octanol–water partition coefficient (Wildman–Crippen LogP) is 1.67. The van der Waals surface area contributed by atoms with E-state index in [9.17, 15) is 0 Å². The number of hydrogen-bond acceptors (Lipinski definition) is 0. The van der Waals surface area contributed by atoms with Crippen molar-refractivity contribution in [3.8, 4) is 0 Å². The Balaban J connectivity index is 2.15. The van der Waals surface area contributed by atoms with Crippen LogP contribution < -0.4 is 0 Å². The summed E-state index contributed by atoms with van der Waals surface area (Å²) in [6.45, 7) is 0. The van der Waals surface area contributed by atoms with Gasteiger partial charge in [-0.05, 0) is 0 Å². The van der Waals surface area contributed by atoms with Crippen LogP contribution in [-0.4, -0.2) is 18.5 Å². The van der Waals surface area contributed by atoms with Gasteiger partial charge in [-0.25, -0.2) is 0 Å². The molecule has 0 aromatic carbocycles. The van der Waals surface area contributed by atoms with Crippen LogP contribution in [-0.2, 0) is 0 Å². The zero-order chi connectivity index (χ0) is 4.74. The monoisotopic (exact) mass is 114 g/mol. The predicted molar refractivity (Wildman–Crippen MR) is 36.7 cm³/mol.